The number of hydrogen-bond acceptors (Lipinski definition) is 8. The van der Waals surface area contributed by atoms with E-state index in [-0.39, 0.29) is 34.1 Å². The normalized spacial score (nSPS) is 14.9. The average Bonchev–Trinajstić information content (AvgIpc) is 3.34. The van der Waals surface area contributed by atoms with Crippen LogP contribution in [-0.2, 0) is 11.3 Å². The van der Waals surface area contributed by atoms with E-state index in [0.717, 1.165) is 4.90 Å². The smallest absolute Gasteiger partial charge is 0.293 e. The molecule has 4 rings (SSSR count). The molecule has 0 atom stereocenters. The van der Waals surface area contributed by atoms with Crippen LogP contribution >= 0.6 is 11.8 Å². The molecular formula is C21H13N3O7S. The van der Waals surface area contributed by atoms with Crippen molar-refractivity contribution in [1.82, 2.24) is 4.90 Å². The van der Waals surface area contributed by atoms with Crippen molar-refractivity contribution in [2.24, 2.45) is 0 Å². The van der Waals surface area contributed by atoms with Crippen LogP contribution in [-0.4, -0.2) is 25.9 Å². The SMILES string of the molecule is O=C1S/C(=C\c2ccc(-c3cccc([N+](=O)[O-])c3)o2)C(=O)N1Cc1ccccc1[N+](=O)[O-]. The number of nitro groups is 2. The molecule has 0 radical (unpaired) electrons. The van der Waals surface area contributed by atoms with Crippen LogP contribution in [0.2, 0.25) is 0 Å². The zero-order valence-electron chi connectivity index (χ0n) is 16.2. The molecule has 0 spiro atoms. The fourth-order valence-electron chi connectivity index (χ4n) is 3.12. The van der Waals surface area contributed by atoms with Gasteiger partial charge in [-0.15, -0.1) is 0 Å². The van der Waals surface area contributed by atoms with Crippen molar-refractivity contribution < 1.29 is 23.9 Å². The summed E-state index contributed by atoms with van der Waals surface area (Å²) in [7, 11) is 0. The van der Waals surface area contributed by atoms with Gasteiger partial charge in [-0.2, -0.15) is 0 Å². The fraction of sp³-hybridized carbons (Fsp3) is 0.0476. The maximum absolute atomic E-state index is 12.7. The van der Waals surface area contributed by atoms with E-state index in [0.29, 0.717) is 23.1 Å². The summed E-state index contributed by atoms with van der Waals surface area (Å²) in [5, 5.41) is 21.6. The molecule has 1 aliphatic heterocycles. The molecule has 32 heavy (non-hydrogen) atoms. The van der Waals surface area contributed by atoms with Crippen molar-refractivity contribution in [2.45, 2.75) is 6.54 Å². The van der Waals surface area contributed by atoms with E-state index in [1.807, 2.05) is 0 Å². The Kier molecular flexibility index (Phi) is 5.56. The van der Waals surface area contributed by atoms with Gasteiger partial charge in [-0.05, 0) is 23.9 Å². The van der Waals surface area contributed by atoms with Gasteiger partial charge >= 0.3 is 0 Å². The van der Waals surface area contributed by atoms with Crippen LogP contribution in [0.5, 0.6) is 0 Å². The number of hydrogen-bond donors (Lipinski definition) is 0. The molecule has 1 aliphatic rings. The molecule has 2 aromatic carbocycles. The van der Waals surface area contributed by atoms with Gasteiger partial charge < -0.3 is 4.42 Å². The Morgan fingerprint density at radius 2 is 1.75 bits per heavy atom. The van der Waals surface area contributed by atoms with E-state index >= 15 is 0 Å². The molecule has 2 heterocycles. The Bertz CT molecular complexity index is 1300. The number of nitrogens with zero attached hydrogens (tertiary/aromatic N) is 3. The average molecular weight is 451 g/mol. The van der Waals surface area contributed by atoms with Crippen molar-refractivity contribution in [3.8, 4) is 11.3 Å². The second kappa shape index (κ2) is 8.47. The summed E-state index contributed by atoms with van der Waals surface area (Å²) in [5.74, 6) is 0.0493. The maximum atomic E-state index is 12.7. The molecule has 0 saturated carbocycles. The quantitative estimate of drug-likeness (QED) is 0.290. The standard InChI is InChI=1S/C21H13N3O7S/c25-20-19(32-21(26)22(20)12-14-4-1-2-7-17(14)24(29)30)11-16-8-9-18(31-16)13-5-3-6-15(10-13)23(27)28/h1-11H,12H2/b19-11-. The fourth-order valence-corrected chi connectivity index (χ4v) is 3.94. The van der Waals surface area contributed by atoms with Crippen molar-refractivity contribution >= 4 is 40.4 Å². The highest BCUT2D eigenvalue weighted by Crippen LogP contribution is 2.35. The Hall–Kier alpha value is -4.25. The van der Waals surface area contributed by atoms with Crippen LogP contribution in [0.15, 0.2) is 70.0 Å². The van der Waals surface area contributed by atoms with Gasteiger partial charge in [0, 0.05) is 35.4 Å². The topological polar surface area (TPSA) is 137 Å². The summed E-state index contributed by atoms with van der Waals surface area (Å²) in [6.45, 7) is -0.226. The van der Waals surface area contributed by atoms with Crippen LogP contribution in [0.3, 0.4) is 0 Å². The number of carbonyl (C=O) groups is 2. The lowest BCUT2D eigenvalue weighted by Crippen LogP contribution is -2.27. The number of benzene rings is 2. The van der Waals surface area contributed by atoms with Crippen molar-refractivity contribution in [1.29, 1.82) is 0 Å². The summed E-state index contributed by atoms with van der Waals surface area (Å²) in [5.41, 5.74) is 0.468. The van der Waals surface area contributed by atoms with E-state index in [1.165, 1.54) is 42.5 Å². The Balaban J connectivity index is 1.56. The van der Waals surface area contributed by atoms with Gasteiger partial charge in [0.25, 0.3) is 22.5 Å². The molecule has 1 saturated heterocycles. The minimum atomic E-state index is -0.591. The number of rotatable bonds is 6. The van der Waals surface area contributed by atoms with Crippen molar-refractivity contribution in [3.05, 3.63) is 97.1 Å². The van der Waals surface area contributed by atoms with Gasteiger partial charge in [0.1, 0.15) is 11.5 Å². The minimum Gasteiger partial charge on any atom is -0.457 e. The molecule has 11 heteroatoms. The van der Waals surface area contributed by atoms with Gasteiger partial charge in [-0.1, -0.05) is 30.3 Å². The highest BCUT2D eigenvalue weighted by molar-refractivity contribution is 8.18. The first-order chi connectivity index (χ1) is 15.3. The first-order valence-electron chi connectivity index (χ1n) is 9.16. The number of furan rings is 1. The summed E-state index contributed by atoms with van der Waals surface area (Å²) >= 11 is 0.701. The van der Waals surface area contributed by atoms with Gasteiger partial charge in [0.15, 0.2) is 0 Å². The summed E-state index contributed by atoms with van der Waals surface area (Å²) < 4.78 is 5.67. The predicted molar refractivity (Wildman–Crippen MR) is 115 cm³/mol. The maximum Gasteiger partial charge on any atom is 0.293 e. The Morgan fingerprint density at radius 3 is 2.50 bits per heavy atom. The number of imide groups is 1. The first-order valence-corrected chi connectivity index (χ1v) is 9.97. The predicted octanol–water partition coefficient (Wildman–Crippen LogP) is 5.00. The lowest BCUT2D eigenvalue weighted by atomic mass is 10.1. The van der Waals surface area contributed by atoms with E-state index in [4.69, 9.17) is 4.42 Å². The number of non-ortho nitro benzene ring substituents is 1. The summed E-state index contributed by atoms with van der Waals surface area (Å²) in [4.78, 5) is 47.2. The largest absolute Gasteiger partial charge is 0.457 e. The van der Waals surface area contributed by atoms with Crippen molar-refractivity contribution in [3.63, 3.8) is 0 Å². The second-order valence-corrected chi connectivity index (χ2v) is 7.66. The lowest BCUT2D eigenvalue weighted by molar-refractivity contribution is -0.385. The highest BCUT2D eigenvalue weighted by atomic mass is 32.2. The van der Waals surface area contributed by atoms with E-state index in [9.17, 15) is 29.8 Å². The molecule has 160 valence electrons. The van der Waals surface area contributed by atoms with Crippen molar-refractivity contribution in [2.75, 3.05) is 0 Å². The van der Waals surface area contributed by atoms with Gasteiger partial charge in [0.2, 0.25) is 0 Å². The summed E-state index contributed by atoms with van der Waals surface area (Å²) in [6, 6.07) is 15.0. The number of amides is 2. The monoisotopic (exact) mass is 451 g/mol. The van der Waals surface area contributed by atoms with Crippen LogP contribution in [0.25, 0.3) is 17.4 Å². The molecule has 3 aromatic rings. The minimum absolute atomic E-state index is 0.0865. The van der Waals surface area contributed by atoms with E-state index in [1.54, 1.807) is 24.3 Å². The second-order valence-electron chi connectivity index (χ2n) is 6.66. The van der Waals surface area contributed by atoms with Gasteiger partial charge in [-0.25, -0.2) is 0 Å². The number of para-hydroxylation sites is 1. The number of nitro benzene ring substituents is 2. The van der Waals surface area contributed by atoms with E-state index < -0.39 is 21.0 Å². The Morgan fingerprint density at radius 1 is 0.969 bits per heavy atom. The van der Waals surface area contributed by atoms with Crippen LogP contribution in [0.1, 0.15) is 11.3 Å². The zero-order chi connectivity index (χ0) is 22.8. The van der Waals surface area contributed by atoms with Gasteiger partial charge in [0.05, 0.1) is 21.3 Å². The van der Waals surface area contributed by atoms with Gasteiger partial charge in [-0.3, -0.25) is 34.7 Å². The van der Waals surface area contributed by atoms with Crippen LogP contribution in [0, 0.1) is 20.2 Å². The molecule has 0 bridgehead atoms. The molecule has 1 aromatic heterocycles. The molecule has 10 nitrogen and oxygen atoms in total. The first kappa shape index (κ1) is 21.0. The Labute approximate surface area is 184 Å². The molecule has 2 amide bonds. The molecule has 1 fully saturated rings. The highest BCUT2D eigenvalue weighted by Gasteiger charge is 2.36. The molecular weight excluding hydrogens is 438 g/mol. The zero-order valence-corrected chi connectivity index (χ0v) is 17.0. The number of carbonyl (C=O) groups excluding carboxylic acids is 2. The lowest BCUT2D eigenvalue weighted by Gasteiger charge is -2.12. The third-order valence-corrected chi connectivity index (χ3v) is 5.54. The van der Waals surface area contributed by atoms with E-state index in [2.05, 4.69) is 0 Å². The third kappa shape index (κ3) is 4.14. The molecule has 0 unspecified atom stereocenters. The molecule has 0 N–H and O–H groups in total. The van der Waals surface area contributed by atoms with Crippen LogP contribution < -0.4 is 0 Å². The van der Waals surface area contributed by atoms with Crippen LogP contribution in [0.4, 0.5) is 16.2 Å². The molecule has 0 aliphatic carbocycles. The summed E-state index contributed by atoms with van der Waals surface area (Å²) in [6.07, 6.45) is 1.39. The third-order valence-electron chi connectivity index (χ3n) is 4.63. The number of thioether (sulfide) groups is 1.